The number of rotatable bonds is 5. The number of ether oxygens (including phenoxy) is 1. The molecule has 0 saturated carbocycles. The summed E-state index contributed by atoms with van der Waals surface area (Å²) in [7, 11) is 0. The molecule has 0 aliphatic carbocycles. The average molecular weight is 519 g/mol. The van der Waals surface area contributed by atoms with Crippen molar-refractivity contribution in [1.82, 2.24) is 9.88 Å². The second-order valence-electron chi connectivity index (χ2n) is 10.3. The summed E-state index contributed by atoms with van der Waals surface area (Å²) in [6.07, 6.45) is -2.49. The molecule has 2 N–H and O–H groups in total. The maximum absolute atomic E-state index is 12.9. The number of carbonyl (C=O) groups is 1. The quantitative estimate of drug-likeness (QED) is 0.614. The molecule has 0 spiro atoms. The van der Waals surface area contributed by atoms with Crippen LogP contribution in [0.25, 0.3) is 0 Å². The topological polar surface area (TPSA) is 73.0 Å². The van der Waals surface area contributed by atoms with Gasteiger partial charge in [0, 0.05) is 56.8 Å². The SMILES string of the molecule is CC1(C)C(=O)Nc2ccc(Nc3ccc(N4CCN(CC(F)(F)F)CC4)cc3)nc2N1C1CCOCC1. The first-order chi connectivity index (χ1) is 17.6. The minimum atomic E-state index is -4.16. The third kappa shape index (κ3) is 5.62. The molecule has 200 valence electrons. The van der Waals surface area contributed by atoms with Crippen LogP contribution in [0, 0.1) is 0 Å². The van der Waals surface area contributed by atoms with Crippen LogP contribution in [-0.4, -0.2) is 79.5 Å². The van der Waals surface area contributed by atoms with Crippen LogP contribution in [0.3, 0.4) is 0 Å². The summed E-state index contributed by atoms with van der Waals surface area (Å²) in [6.45, 7) is 6.19. The van der Waals surface area contributed by atoms with Crippen LogP contribution in [0.1, 0.15) is 26.7 Å². The van der Waals surface area contributed by atoms with Crippen molar-refractivity contribution in [3.63, 3.8) is 0 Å². The number of amides is 1. The van der Waals surface area contributed by atoms with Gasteiger partial charge in [0.05, 0.1) is 12.2 Å². The number of piperazine rings is 1. The zero-order chi connectivity index (χ0) is 26.2. The molecule has 2 fully saturated rings. The van der Waals surface area contributed by atoms with E-state index in [4.69, 9.17) is 9.72 Å². The van der Waals surface area contributed by atoms with E-state index in [1.807, 2.05) is 50.2 Å². The largest absolute Gasteiger partial charge is 0.401 e. The van der Waals surface area contributed by atoms with Crippen molar-refractivity contribution < 1.29 is 22.7 Å². The molecule has 2 saturated heterocycles. The van der Waals surface area contributed by atoms with Crippen molar-refractivity contribution in [2.24, 2.45) is 0 Å². The maximum atomic E-state index is 12.9. The Morgan fingerprint density at radius 2 is 1.73 bits per heavy atom. The van der Waals surface area contributed by atoms with Crippen molar-refractivity contribution in [2.75, 3.05) is 66.4 Å². The molecule has 0 bridgehead atoms. The van der Waals surface area contributed by atoms with Gasteiger partial charge in [0.2, 0.25) is 5.91 Å². The van der Waals surface area contributed by atoms with Crippen LogP contribution in [0.5, 0.6) is 0 Å². The van der Waals surface area contributed by atoms with Crippen molar-refractivity contribution in [3.05, 3.63) is 36.4 Å². The van der Waals surface area contributed by atoms with Gasteiger partial charge in [-0.15, -0.1) is 0 Å². The third-order valence-electron chi connectivity index (χ3n) is 7.35. The molecule has 4 heterocycles. The number of halogens is 3. The monoisotopic (exact) mass is 518 g/mol. The lowest BCUT2D eigenvalue weighted by Crippen LogP contribution is -2.61. The number of nitrogens with one attached hydrogen (secondary N) is 2. The van der Waals surface area contributed by atoms with Gasteiger partial charge in [-0.25, -0.2) is 4.98 Å². The van der Waals surface area contributed by atoms with Crippen LogP contribution in [0.4, 0.5) is 41.9 Å². The minimum absolute atomic E-state index is 0.0520. The van der Waals surface area contributed by atoms with Crippen molar-refractivity contribution in [3.8, 4) is 0 Å². The molecule has 8 nitrogen and oxygen atoms in total. The van der Waals surface area contributed by atoms with Crippen LogP contribution in [0.15, 0.2) is 36.4 Å². The van der Waals surface area contributed by atoms with Gasteiger partial charge in [-0.05, 0) is 63.1 Å². The smallest absolute Gasteiger partial charge is 0.381 e. The Labute approximate surface area is 214 Å². The van der Waals surface area contributed by atoms with Gasteiger partial charge in [0.25, 0.3) is 0 Å². The number of pyridine rings is 1. The van der Waals surface area contributed by atoms with Gasteiger partial charge in [0.15, 0.2) is 5.82 Å². The Morgan fingerprint density at radius 1 is 1.05 bits per heavy atom. The van der Waals surface area contributed by atoms with E-state index in [-0.39, 0.29) is 11.9 Å². The molecule has 11 heteroatoms. The number of aromatic nitrogens is 1. The molecule has 3 aliphatic rings. The predicted octanol–water partition coefficient (Wildman–Crippen LogP) is 4.23. The molecule has 3 aliphatic heterocycles. The average Bonchev–Trinajstić information content (AvgIpc) is 2.86. The second kappa shape index (κ2) is 10.0. The summed E-state index contributed by atoms with van der Waals surface area (Å²) in [5.74, 6) is 1.36. The Morgan fingerprint density at radius 3 is 2.38 bits per heavy atom. The predicted molar refractivity (Wildman–Crippen MR) is 138 cm³/mol. The van der Waals surface area contributed by atoms with Gasteiger partial charge in [-0.3, -0.25) is 9.69 Å². The zero-order valence-electron chi connectivity index (χ0n) is 21.1. The molecular weight excluding hydrogens is 485 g/mol. The van der Waals surface area contributed by atoms with Crippen LogP contribution >= 0.6 is 0 Å². The molecule has 1 aromatic carbocycles. The van der Waals surface area contributed by atoms with E-state index in [1.165, 1.54) is 4.90 Å². The molecule has 0 atom stereocenters. The second-order valence-corrected chi connectivity index (χ2v) is 10.3. The van der Waals surface area contributed by atoms with E-state index in [0.717, 1.165) is 30.0 Å². The molecular formula is C26H33F3N6O2. The molecule has 1 aromatic heterocycles. The van der Waals surface area contributed by atoms with Crippen molar-refractivity contribution in [2.45, 2.75) is 44.4 Å². The number of hydrogen-bond donors (Lipinski definition) is 2. The van der Waals surface area contributed by atoms with E-state index < -0.39 is 18.3 Å². The Bertz CT molecular complexity index is 1110. The summed E-state index contributed by atoms with van der Waals surface area (Å²) in [5, 5.41) is 6.35. The number of benzene rings is 1. The standard InChI is InChI=1S/C26H33F3N6O2/c1-25(2)24(36)31-21-7-8-22(32-23(21)35(25)20-9-15-37-16-10-20)30-18-3-5-19(6-4-18)34-13-11-33(12-14-34)17-26(27,28)29/h3-8,20H,9-17H2,1-2H3,(H,30,32)(H,31,36). The zero-order valence-corrected chi connectivity index (χ0v) is 21.1. The lowest BCUT2D eigenvalue weighted by Gasteiger charge is -2.48. The Balaban J connectivity index is 1.28. The molecule has 2 aromatic rings. The van der Waals surface area contributed by atoms with Gasteiger partial charge < -0.3 is 25.2 Å². The highest BCUT2D eigenvalue weighted by molar-refractivity contribution is 6.05. The van der Waals surface area contributed by atoms with Gasteiger partial charge in [-0.2, -0.15) is 13.2 Å². The lowest BCUT2D eigenvalue weighted by atomic mass is 9.93. The van der Waals surface area contributed by atoms with E-state index in [2.05, 4.69) is 20.4 Å². The highest BCUT2D eigenvalue weighted by atomic mass is 19.4. The number of nitrogens with zero attached hydrogens (tertiary/aromatic N) is 4. The first kappa shape index (κ1) is 25.6. The van der Waals surface area contributed by atoms with Crippen LogP contribution in [0.2, 0.25) is 0 Å². The van der Waals surface area contributed by atoms with Crippen molar-refractivity contribution >= 4 is 34.6 Å². The first-order valence-electron chi connectivity index (χ1n) is 12.7. The maximum Gasteiger partial charge on any atom is 0.401 e. The fraction of sp³-hybridized carbons (Fsp3) is 0.538. The fourth-order valence-electron chi connectivity index (χ4n) is 5.34. The van der Waals surface area contributed by atoms with Gasteiger partial charge in [-0.1, -0.05) is 0 Å². The summed E-state index contributed by atoms with van der Waals surface area (Å²) < 4.78 is 43.5. The number of anilines is 5. The summed E-state index contributed by atoms with van der Waals surface area (Å²) in [6, 6.07) is 11.7. The normalized spacial score (nSPS) is 20.9. The van der Waals surface area contributed by atoms with Crippen molar-refractivity contribution in [1.29, 1.82) is 0 Å². The number of hydrogen-bond acceptors (Lipinski definition) is 7. The molecule has 0 radical (unpaired) electrons. The Kier molecular flexibility index (Phi) is 6.93. The Hall–Kier alpha value is -3.05. The van der Waals surface area contributed by atoms with E-state index in [1.54, 1.807) is 0 Å². The molecule has 37 heavy (non-hydrogen) atoms. The summed E-state index contributed by atoms with van der Waals surface area (Å²) in [5.41, 5.74) is 1.78. The minimum Gasteiger partial charge on any atom is -0.381 e. The molecule has 1 amide bonds. The summed E-state index contributed by atoms with van der Waals surface area (Å²) in [4.78, 5) is 23.4. The van der Waals surface area contributed by atoms with Crippen LogP contribution < -0.4 is 20.4 Å². The highest BCUT2D eigenvalue weighted by Crippen LogP contribution is 2.40. The van der Waals surface area contributed by atoms with E-state index >= 15 is 0 Å². The number of carbonyl (C=O) groups excluding carboxylic acids is 1. The van der Waals surface area contributed by atoms with E-state index in [0.29, 0.717) is 50.9 Å². The third-order valence-corrected chi connectivity index (χ3v) is 7.35. The number of fused-ring (bicyclic) bond motifs is 1. The molecule has 5 rings (SSSR count). The van der Waals surface area contributed by atoms with E-state index in [9.17, 15) is 18.0 Å². The lowest BCUT2D eigenvalue weighted by molar-refractivity contribution is -0.146. The van der Waals surface area contributed by atoms with Gasteiger partial charge >= 0.3 is 6.18 Å². The van der Waals surface area contributed by atoms with Gasteiger partial charge in [0.1, 0.15) is 11.4 Å². The first-order valence-corrected chi connectivity index (χ1v) is 12.7. The fourth-order valence-corrected chi connectivity index (χ4v) is 5.34. The molecule has 0 unspecified atom stereocenters. The number of alkyl halides is 3. The highest BCUT2D eigenvalue weighted by Gasteiger charge is 2.44. The summed E-state index contributed by atoms with van der Waals surface area (Å²) >= 11 is 0. The van der Waals surface area contributed by atoms with Crippen LogP contribution in [-0.2, 0) is 9.53 Å².